The third-order valence-electron chi connectivity index (χ3n) is 2.64. The lowest BCUT2D eigenvalue weighted by atomic mass is 10.2. The molecule has 1 aromatic rings. The van der Waals surface area contributed by atoms with Crippen LogP contribution in [-0.4, -0.2) is 29.4 Å². The number of imide groups is 1. The minimum atomic E-state index is -0.866. The first kappa shape index (κ1) is 13.5. The molecule has 0 aromatic heterocycles. The summed E-state index contributed by atoms with van der Waals surface area (Å²) in [5, 5.41) is 0. The third kappa shape index (κ3) is 2.73. The summed E-state index contributed by atoms with van der Waals surface area (Å²) in [6.07, 6.45) is 1.56. The van der Waals surface area contributed by atoms with E-state index in [1.807, 2.05) is 0 Å². The van der Waals surface area contributed by atoms with Crippen LogP contribution in [0.5, 0.6) is 5.75 Å². The molecule has 1 aliphatic heterocycles. The Labute approximate surface area is 116 Å². The average Bonchev–Trinajstić information content (AvgIpc) is 2.65. The fourth-order valence-corrected chi connectivity index (χ4v) is 2.06. The number of ether oxygens (including phenoxy) is 2. The Morgan fingerprint density at radius 1 is 1.42 bits per heavy atom. The molecule has 0 N–H and O–H groups in total. The molecule has 0 spiro atoms. The molecule has 0 bridgehead atoms. The summed E-state index contributed by atoms with van der Waals surface area (Å²) in [4.78, 5) is 24.2. The first-order chi connectivity index (χ1) is 9.02. The summed E-state index contributed by atoms with van der Waals surface area (Å²) in [6.45, 7) is 1.29. The van der Waals surface area contributed by atoms with Crippen LogP contribution in [0.2, 0.25) is 0 Å². The maximum Gasteiger partial charge on any atom is 0.299 e. The van der Waals surface area contributed by atoms with Gasteiger partial charge in [-0.05, 0) is 23.8 Å². The molecule has 19 heavy (non-hydrogen) atoms. The van der Waals surface area contributed by atoms with Crippen LogP contribution in [-0.2, 0) is 14.3 Å². The number of benzene rings is 1. The number of thiol groups is 1. The van der Waals surface area contributed by atoms with E-state index in [1.54, 1.807) is 37.5 Å². The predicted octanol–water partition coefficient (Wildman–Crippen LogP) is 1.65. The number of amides is 2. The predicted molar refractivity (Wildman–Crippen MR) is 72.4 cm³/mol. The van der Waals surface area contributed by atoms with Crippen molar-refractivity contribution in [3.05, 3.63) is 35.6 Å². The SMILES string of the molecule is COc1ccc(/C=C2/OC(S)N(C(C)=O)C2=O)cc1. The van der Waals surface area contributed by atoms with Crippen molar-refractivity contribution in [1.82, 2.24) is 4.90 Å². The van der Waals surface area contributed by atoms with E-state index in [0.29, 0.717) is 0 Å². The van der Waals surface area contributed by atoms with Crippen LogP contribution in [0.3, 0.4) is 0 Å². The van der Waals surface area contributed by atoms with Gasteiger partial charge in [0.1, 0.15) is 5.75 Å². The van der Waals surface area contributed by atoms with E-state index < -0.39 is 17.4 Å². The maximum absolute atomic E-state index is 11.9. The molecule has 0 saturated carbocycles. The molecule has 1 saturated heterocycles. The van der Waals surface area contributed by atoms with Crippen LogP contribution in [0.25, 0.3) is 6.08 Å². The number of carbonyl (C=O) groups excluding carboxylic acids is 2. The maximum atomic E-state index is 11.9. The summed E-state index contributed by atoms with van der Waals surface area (Å²) < 4.78 is 10.3. The van der Waals surface area contributed by atoms with Crippen molar-refractivity contribution in [2.45, 2.75) is 12.5 Å². The second-order valence-corrected chi connectivity index (χ2v) is 4.36. The van der Waals surface area contributed by atoms with Gasteiger partial charge in [0.25, 0.3) is 5.91 Å². The number of carbonyl (C=O) groups is 2. The topological polar surface area (TPSA) is 55.8 Å². The van der Waals surface area contributed by atoms with Gasteiger partial charge in [0.05, 0.1) is 7.11 Å². The van der Waals surface area contributed by atoms with E-state index in [9.17, 15) is 9.59 Å². The van der Waals surface area contributed by atoms with Crippen LogP contribution in [0.1, 0.15) is 12.5 Å². The van der Waals surface area contributed by atoms with Crippen molar-refractivity contribution in [3.63, 3.8) is 0 Å². The Kier molecular flexibility index (Phi) is 3.80. The molecule has 1 aromatic carbocycles. The molecule has 100 valence electrons. The smallest absolute Gasteiger partial charge is 0.299 e. The summed E-state index contributed by atoms with van der Waals surface area (Å²) in [6, 6.07) is 7.11. The van der Waals surface area contributed by atoms with Gasteiger partial charge in [-0.3, -0.25) is 9.59 Å². The first-order valence-corrected chi connectivity index (χ1v) is 6.09. The monoisotopic (exact) mass is 279 g/mol. The molecule has 1 atom stereocenters. The second-order valence-electron chi connectivity index (χ2n) is 3.92. The van der Waals surface area contributed by atoms with E-state index in [1.165, 1.54) is 6.92 Å². The minimum Gasteiger partial charge on any atom is -0.497 e. The Balaban J connectivity index is 2.24. The van der Waals surface area contributed by atoms with E-state index >= 15 is 0 Å². The molecule has 1 fully saturated rings. The van der Waals surface area contributed by atoms with Gasteiger partial charge < -0.3 is 9.47 Å². The standard InChI is InChI=1S/C13H13NO4S/c1-8(15)14-12(16)11(18-13(14)19)7-9-3-5-10(17-2)6-4-9/h3-7,13,19H,1-2H3/b11-7+. The van der Waals surface area contributed by atoms with Crippen LogP contribution >= 0.6 is 12.6 Å². The molecule has 0 aliphatic carbocycles. The Morgan fingerprint density at radius 2 is 2.05 bits per heavy atom. The van der Waals surface area contributed by atoms with Gasteiger partial charge in [0, 0.05) is 6.92 Å². The fraction of sp³-hybridized carbons (Fsp3) is 0.231. The normalized spacial score (nSPS) is 20.6. The van der Waals surface area contributed by atoms with Gasteiger partial charge >= 0.3 is 0 Å². The van der Waals surface area contributed by atoms with Crippen molar-refractivity contribution >= 4 is 30.5 Å². The van der Waals surface area contributed by atoms with Crippen LogP contribution in [0.4, 0.5) is 0 Å². The number of hydrogen-bond acceptors (Lipinski definition) is 5. The molecule has 1 heterocycles. The highest BCUT2D eigenvalue weighted by Crippen LogP contribution is 2.25. The van der Waals surface area contributed by atoms with Gasteiger partial charge in [-0.1, -0.05) is 12.1 Å². The lowest BCUT2D eigenvalue weighted by Gasteiger charge is -2.12. The van der Waals surface area contributed by atoms with E-state index in [4.69, 9.17) is 9.47 Å². The molecular formula is C13H13NO4S. The zero-order valence-corrected chi connectivity index (χ0v) is 11.4. The highest BCUT2D eigenvalue weighted by molar-refractivity contribution is 7.80. The van der Waals surface area contributed by atoms with Crippen molar-refractivity contribution in [1.29, 1.82) is 0 Å². The summed E-state index contributed by atoms with van der Waals surface area (Å²) in [7, 11) is 1.58. The Morgan fingerprint density at radius 3 is 2.53 bits per heavy atom. The van der Waals surface area contributed by atoms with Crippen LogP contribution in [0, 0.1) is 0 Å². The van der Waals surface area contributed by atoms with E-state index in [-0.39, 0.29) is 5.76 Å². The van der Waals surface area contributed by atoms with Crippen molar-refractivity contribution in [2.75, 3.05) is 7.11 Å². The molecule has 1 aliphatic rings. The number of hydrogen-bond donors (Lipinski definition) is 1. The molecule has 1 unspecified atom stereocenters. The first-order valence-electron chi connectivity index (χ1n) is 5.57. The summed E-state index contributed by atoms with van der Waals surface area (Å²) >= 11 is 4.04. The van der Waals surface area contributed by atoms with Crippen LogP contribution in [0.15, 0.2) is 30.0 Å². The molecule has 5 nitrogen and oxygen atoms in total. The fourth-order valence-electron chi connectivity index (χ4n) is 1.68. The molecule has 2 rings (SSSR count). The lowest BCUT2D eigenvalue weighted by molar-refractivity contribution is -0.140. The van der Waals surface area contributed by atoms with E-state index in [0.717, 1.165) is 16.2 Å². The van der Waals surface area contributed by atoms with Crippen molar-refractivity contribution in [3.8, 4) is 5.75 Å². The van der Waals surface area contributed by atoms with Crippen molar-refractivity contribution < 1.29 is 19.1 Å². The zero-order valence-electron chi connectivity index (χ0n) is 10.5. The third-order valence-corrected chi connectivity index (χ3v) is 2.97. The van der Waals surface area contributed by atoms with E-state index in [2.05, 4.69) is 12.6 Å². The molecule has 0 radical (unpaired) electrons. The quantitative estimate of drug-likeness (QED) is 0.660. The number of rotatable bonds is 2. The largest absolute Gasteiger partial charge is 0.497 e. The van der Waals surface area contributed by atoms with Gasteiger partial charge in [-0.2, -0.15) is 0 Å². The van der Waals surface area contributed by atoms with Gasteiger partial charge in [-0.25, -0.2) is 4.90 Å². The van der Waals surface area contributed by atoms with Crippen LogP contribution < -0.4 is 4.74 Å². The molecule has 6 heteroatoms. The lowest BCUT2D eigenvalue weighted by Crippen LogP contribution is -2.34. The summed E-state index contributed by atoms with van der Waals surface area (Å²) in [5.74, 6) is -0.0648. The highest BCUT2D eigenvalue weighted by atomic mass is 32.1. The highest BCUT2D eigenvalue weighted by Gasteiger charge is 2.37. The van der Waals surface area contributed by atoms with Gasteiger partial charge in [-0.15, -0.1) is 12.6 Å². The Hall–Kier alpha value is -1.95. The zero-order chi connectivity index (χ0) is 14.0. The second kappa shape index (κ2) is 5.36. The van der Waals surface area contributed by atoms with Crippen molar-refractivity contribution in [2.24, 2.45) is 0 Å². The minimum absolute atomic E-state index is 0.0976. The number of methoxy groups -OCH3 is 1. The summed E-state index contributed by atoms with van der Waals surface area (Å²) in [5.41, 5.74) is -0.0930. The molecular weight excluding hydrogens is 266 g/mol. The van der Waals surface area contributed by atoms with Gasteiger partial charge in [0.2, 0.25) is 11.5 Å². The average molecular weight is 279 g/mol. The van der Waals surface area contributed by atoms with Gasteiger partial charge in [0.15, 0.2) is 5.76 Å². The molecule has 2 amide bonds. The Bertz CT molecular complexity index is 538. The number of nitrogens with zero attached hydrogens (tertiary/aromatic N) is 1.